The largest absolute Gasteiger partial charge is 0.495 e. The zero-order chi connectivity index (χ0) is 31.4. The molecule has 0 unspecified atom stereocenters. The Hall–Kier alpha value is -3.92. The molecule has 3 aromatic rings. The number of benzene rings is 3. The molecule has 0 aliphatic rings. The second kappa shape index (κ2) is 12.9. The van der Waals surface area contributed by atoms with Crippen molar-refractivity contribution in [3.05, 3.63) is 75.3 Å². The number of carbonyl (C=O) groups is 1. The standard InChI is InChI=1S/C26H29ClN4O9S2/c1-16(2)29-41(35,36)19-9-11-24(39-4)21(13-19)28-26(32)15-30(23-12-18(27)7-10-25(23)40-5)42(37,38)20-8-6-17(3)22(14-20)31(33)34/h6-14,16,29H,15H2,1-5H3,(H,28,32). The van der Waals surface area contributed by atoms with Crippen LogP contribution in [-0.2, 0) is 24.8 Å². The molecular weight excluding hydrogens is 612 g/mol. The Balaban J connectivity index is 2.10. The topological polar surface area (TPSA) is 174 Å². The van der Waals surface area contributed by atoms with Gasteiger partial charge in [0, 0.05) is 22.7 Å². The van der Waals surface area contributed by atoms with Gasteiger partial charge in [-0.25, -0.2) is 21.6 Å². The van der Waals surface area contributed by atoms with Crippen molar-refractivity contribution in [1.82, 2.24) is 4.72 Å². The summed E-state index contributed by atoms with van der Waals surface area (Å²) in [5.41, 5.74) is -0.364. The minimum absolute atomic E-state index is 0.0443. The molecule has 0 bridgehead atoms. The van der Waals surface area contributed by atoms with Gasteiger partial charge in [0.1, 0.15) is 18.0 Å². The van der Waals surface area contributed by atoms with Crippen LogP contribution in [0.15, 0.2) is 64.4 Å². The normalized spacial score (nSPS) is 11.7. The third-order valence-electron chi connectivity index (χ3n) is 5.81. The first-order valence-corrected chi connectivity index (χ1v) is 15.5. The molecule has 0 heterocycles. The molecule has 0 saturated heterocycles. The van der Waals surface area contributed by atoms with Gasteiger partial charge < -0.3 is 14.8 Å². The molecule has 0 atom stereocenters. The summed E-state index contributed by atoms with van der Waals surface area (Å²) in [4.78, 5) is 23.6. The van der Waals surface area contributed by atoms with Crippen molar-refractivity contribution in [3.8, 4) is 11.5 Å². The van der Waals surface area contributed by atoms with Gasteiger partial charge in [0.05, 0.1) is 40.3 Å². The average molecular weight is 641 g/mol. The molecular formula is C26H29ClN4O9S2. The molecule has 226 valence electrons. The van der Waals surface area contributed by atoms with Crippen molar-refractivity contribution < 1.29 is 36.0 Å². The molecule has 0 aliphatic carbocycles. The van der Waals surface area contributed by atoms with E-state index < -0.39 is 54.0 Å². The number of nitrogens with zero attached hydrogens (tertiary/aromatic N) is 2. The molecule has 1 amide bonds. The predicted molar refractivity (Wildman–Crippen MR) is 157 cm³/mol. The molecule has 42 heavy (non-hydrogen) atoms. The van der Waals surface area contributed by atoms with E-state index in [2.05, 4.69) is 10.0 Å². The van der Waals surface area contributed by atoms with Crippen LogP contribution < -0.4 is 23.8 Å². The number of aryl methyl sites for hydroxylation is 1. The van der Waals surface area contributed by atoms with E-state index in [1.165, 1.54) is 69.7 Å². The highest BCUT2D eigenvalue weighted by molar-refractivity contribution is 7.93. The van der Waals surface area contributed by atoms with Gasteiger partial charge in [-0.3, -0.25) is 19.2 Å². The Bertz CT molecular complexity index is 1730. The van der Waals surface area contributed by atoms with Crippen LogP contribution in [0.4, 0.5) is 17.1 Å². The summed E-state index contributed by atoms with van der Waals surface area (Å²) in [5, 5.41) is 14.1. The van der Waals surface area contributed by atoms with E-state index >= 15 is 0 Å². The van der Waals surface area contributed by atoms with E-state index in [1.54, 1.807) is 13.8 Å². The Labute approximate surface area is 248 Å². The first-order chi connectivity index (χ1) is 19.6. The van der Waals surface area contributed by atoms with Gasteiger partial charge in [-0.15, -0.1) is 0 Å². The third-order valence-corrected chi connectivity index (χ3v) is 9.46. The summed E-state index contributed by atoms with van der Waals surface area (Å²) >= 11 is 6.16. The van der Waals surface area contributed by atoms with E-state index in [1.807, 2.05) is 0 Å². The lowest BCUT2D eigenvalue weighted by molar-refractivity contribution is -0.385. The number of hydrogen-bond acceptors (Lipinski definition) is 9. The number of hydrogen-bond donors (Lipinski definition) is 2. The van der Waals surface area contributed by atoms with Gasteiger partial charge >= 0.3 is 0 Å². The van der Waals surface area contributed by atoms with Crippen molar-refractivity contribution in [1.29, 1.82) is 0 Å². The first-order valence-electron chi connectivity index (χ1n) is 12.2. The number of nitro benzene ring substituents is 1. The number of nitrogens with one attached hydrogen (secondary N) is 2. The molecule has 2 N–H and O–H groups in total. The monoisotopic (exact) mass is 640 g/mol. The molecule has 0 aliphatic heterocycles. The minimum Gasteiger partial charge on any atom is -0.495 e. The smallest absolute Gasteiger partial charge is 0.273 e. The second-order valence-corrected chi connectivity index (χ2v) is 13.2. The zero-order valence-corrected chi connectivity index (χ0v) is 25.6. The highest BCUT2D eigenvalue weighted by atomic mass is 35.5. The SMILES string of the molecule is COc1ccc(S(=O)(=O)NC(C)C)cc1NC(=O)CN(c1cc(Cl)ccc1OC)S(=O)(=O)c1ccc(C)c([N+](=O)[O-])c1. The van der Waals surface area contributed by atoms with Crippen molar-refractivity contribution in [2.24, 2.45) is 0 Å². The van der Waals surface area contributed by atoms with Crippen LogP contribution in [0.3, 0.4) is 0 Å². The van der Waals surface area contributed by atoms with E-state index in [4.69, 9.17) is 21.1 Å². The summed E-state index contributed by atoms with van der Waals surface area (Å²) in [7, 11) is -5.98. The predicted octanol–water partition coefficient (Wildman–Crippen LogP) is 4.09. The molecule has 13 nitrogen and oxygen atoms in total. The van der Waals surface area contributed by atoms with E-state index in [-0.39, 0.29) is 38.4 Å². The molecule has 0 aromatic heterocycles. The van der Waals surface area contributed by atoms with Crippen LogP contribution in [-0.4, -0.2) is 54.5 Å². The number of methoxy groups -OCH3 is 2. The average Bonchev–Trinajstić information content (AvgIpc) is 2.90. The Morgan fingerprint density at radius 3 is 2.19 bits per heavy atom. The highest BCUT2D eigenvalue weighted by Gasteiger charge is 2.32. The van der Waals surface area contributed by atoms with Crippen molar-refractivity contribution >= 4 is 54.6 Å². The van der Waals surface area contributed by atoms with Crippen LogP contribution in [0.25, 0.3) is 0 Å². The van der Waals surface area contributed by atoms with Crippen LogP contribution >= 0.6 is 11.6 Å². The van der Waals surface area contributed by atoms with Crippen LogP contribution in [0.5, 0.6) is 11.5 Å². The molecule has 3 rings (SSSR count). The summed E-state index contributed by atoms with van der Waals surface area (Å²) in [6, 6.07) is 10.9. The number of nitro groups is 1. The number of rotatable bonds is 12. The molecule has 0 spiro atoms. The fourth-order valence-corrected chi connectivity index (χ4v) is 6.77. The fraction of sp³-hybridized carbons (Fsp3) is 0.269. The lowest BCUT2D eigenvalue weighted by atomic mass is 10.2. The number of ether oxygens (including phenoxy) is 2. The maximum atomic E-state index is 13.9. The van der Waals surface area contributed by atoms with Crippen molar-refractivity contribution in [3.63, 3.8) is 0 Å². The molecule has 0 radical (unpaired) electrons. The maximum Gasteiger partial charge on any atom is 0.273 e. The van der Waals surface area contributed by atoms with E-state index in [0.717, 1.165) is 6.07 Å². The quantitative estimate of drug-likeness (QED) is 0.218. The van der Waals surface area contributed by atoms with E-state index in [9.17, 15) is 31.7 Å². The van der Waals surface area contributed by atoms with Crippen LogP contribution in [0.2, 0.25) is 5.02 Å². The first kappa shape index (κ1) is 32.6. The summed E-state index contributed by atoms with van der Waals surface area (Å²) in [6.45, 7) is 3.89. The second-order valence-electron chi connectivity index (χ2n) is 9.22. The summed E-state index contributed by atoms with van der Waals surface area (Å²) in [6.07, 6.45) is 0. The van der Waals surface area contributed by atoms with Crippen molar-refractivity contribution in [2.75, 3.05) is 30.4 Å². The van der Waals surface area contributed by atoms with Gasteiger partial charge in [0.15, 0.2) is 0 Å². The third kappa shape index (κ3) is 7.28. The number of halogens is 1. The molecule has 0 fully saturated rings. The molecule has 0 saturated carbocycles. The number of amides is 1. The van der Waals surface area contributed by atoms with Gasteiger partial charge in [-0.1, -0.05) is 17.7 Å². The van der Waals surface area contributed by atoms with E-state index in [0.29, 0.717) is 4.31 Å². The lowest BCUT2D eigenvalue weighted by Crippen LogP contribution is -2.38. The Morgan fingerprint density at radius 2 is 1.60 bits per heavy atom. The van der Waals surface area contributed by atoms with Crippen LogP contribution in [0.1, 0.15) is 19.4 Å². The zero-order valence-electron chi connectivity index (χ0n) is 23.2. The summed E-state index contributed by atoms with van der Waals surface area (Å²) < 4.78 is 66.9. The fourth-order valence-electron chi connectivity index (χ4n) is 3.88. The Kier molecular flexibility index (Phi) is 10.0. The lowest BCUT2D eigenvalue weighted by Gasteiger charge is -2.26. The Morgan fingerprint density at radius 1 is 0.976 bits per heavy atom. The van der Waals surface area contributed by atoms with Gasteiger partial charge in [-0.2, -0.15) is 0 Å². The van der Waals surface area contributed by atoms with Crippen LogP contribution in [0, 0.1) is 17.0 Å². The summed E-state index contributed by atoms with van der Waals surface area (Å²) in [5.74, 6) is -0.745. The molecule has 3 aromatic carbocycles. The van der Waals surface area contributed by atoms with Gasteiger partial charge in [0.2, 0.25) is 15.9 Å². The highest BCUT2D eigenvalue weighted by Crippen LogP contribution is 2.36. The number of carbonyl (C=O) groups excluding carboxylic acids is 1. The van der Waals surface area contributed by atoms with Crippen molar-refractivity contribution in [2.45, 2.75) is 36.6 Å². The number of sulfonamides is 2. The van der Waals surface area contributed by atoms with Gasteiger partial charge in [0.25, 0.3) is 15.7 Å². The minimum atomic E-state index is -4.63. The molecule has 16 heteroatoms. The van der Waals surface area contributed by atoms with Gasteiger partial charge in [-0.05, 0) is 63.2 Å². The maximum absolute atomic E-state index is 13.9. The number of anilines is 2.